The summed E-state index contributed by atoms with van der Waals surface area (Å²) in [5.41, 5.74) is 0.618. The number of carbonyl (C=O) groups is 2. The standard InChI is InChI=1S/C12H13ClN2O3/c13-8-1-3-10(16)7(5-8)6-14-9-2-4-11(17)15-12(9)18/h1,3,5,9,14,16H,2,4,6H2,(H,15,17,18). The molecular formula is C12H13ClN2O3. The number of amides is 2. The van der Waals surface area contributed by atoms with Gasteiger partial charge in [-0.3, -0.25) is 14.9 Å². The molecule has 96 valence electrons. The van der Waals surface area contributed by atoms with Crippen LogP contribution in [0.25, 0.3) is 0 Å². The van der Waals surface area contributed by atoms with Gasteiger partial charge >= 0.3 is 0 Å². The Labute approximate surface area is 109 Å². The van der Waals surface area contributed by atoms with E-state index in [2.05, 4.69) is 10.6 Å². The summed E-state index contributed by atoms with van der Waals surface area (Å²) in [7, 11) is 0. The van der Waals surface area contributed by atoms with Crippen molar-refractivity contribution in [3.05, 3.63) is 28.8 Å². The van der Waals surface area contributed by atoms with Crippen molar-refractivity contribution >= 4 is 23.4 Å². The summed E-state index contributed by atoms with van der Waals surface area (Å²) < 4.78 is 0. The maximum atomic E-state index is 11.5. The minimum atomic E-state index is -0.416. The van der Waals surface area contributed by atoms with Crippen LogP contribution in [0.1, 0.15) is 18.4 Å². The molecule has 1 aliphatic heterocycles. The minimum absolute atomic E-state index is 0.124. The average molecular weight is 269 g/mol. The number of rotatable bonds is 3. The number of phenols is 1. The second-order valence-corrected chi connectivity index (χ2v) is 4.59. The molecule has 0 saturated carbocycles. The zero-order chi connectivity index (χ0) is 13.1. The van der Waals surface area contributed by atoms with Crippen molar-refractivity contribution in [3.8, 4) is 5.75 Å². The van der Waals surface area contributed by atoms with Crippen molar-refractivity contribution < 1.29 is 14.7 Å². The number of aromatic hydroxyl groups is 1. The third kappa shape index (κ3) is 3.00. The predicted molar refractivity (Wildman–Crippen MR) is 66.1 cm³/mol. The Hall–Kier alpha value is -1.59. The molecule has 18 heavy (non-hydrogen) atoms. The van der Waals surface area contributed by atoms with E-state index < -0.39 is 6.04 Å². The van der Waals surface area contributed by atoms with Gasteiger partial charge in [0, 0.05) is 23.6 Å². The lowest BCUT2D eigenvalue weighted by Crippen LogP contribution is -2.50. The molecule has 1 aliphatic rings. The molecule has 1 aromatic rings. The number of hydrogen-bond acceptors (Lipinski definition) is 4. The first-order chi connectivity index (χ1) is 8.56. The fraction of sp³-hybridized carbons (Fsp3) is 0.333. The van der Waals surface area contributed by atoms with Crippen LogP contribution in [0.5, 0.6) is 5.75 Å². The third-order valence-corrected chi connectivity index (χ3v) is 3.05. The molecule has 5 nitrogen and oxygen atoms in total. The first kappa shape index (κ1) is 12.9. The molecule has 6 heteroatoms. The summed E-state index contributed by atoms with van der Waals surface area (Å²) >= 11 is 5.82. The molecular weight excluding hydrogens is 256 g/mol. The van der Waals surface area contributed by atoms with Crippen molar-refractivity contribution in [1.29, 1.82) is 0 Å². The molecule has 1 heterocycles. The van der Waals surface area contributed by atoms with Crippen LogP contribution in [0.3, 0.4) is 0 Å². The van der Waals surface area contributed by atoms with E-state index in [0.29, 0.717) is 30.0 Å². The van der Waals surface area contributed by atoms with Crippen LogP contribution in [0, 0.1) is 0 Å². The van der Waals surface area contributed by atoms with Crippen molar-refractivity contribution in [1.82, 2.24) is 10.6 Å². The molecule has 1 aromatic carbocycles. The van der Waals surface area contributed by atoms with Gasteiger partial charge in [-0.25, -0.2) is 0 Å². The van der Waals surface area contributed by atoms with Gasteiger partial charge in [-0.2, -0.15) is 0 Å². The first-order valence-electron chi connectivity index (χ1n) is 5.61. The molecule has 1 fully saturated rings. The van der Waals surface area contributed by atoms with E-state index in [1.165, 1.54) is 6.07 Å². The maximum absolute atomic E-state index is 11.5. The van der Waals surface area contributed by atoms with Crippen LogP contribution in [0.2, 0.25) is 5.02 Å². The van der Waals surface area contributed by atoms with Crippen molar-refractivity contribution in [3.63, 3.8) is 0 Å². The third-order valence-electron chi connectivity index (χ3n) is 2.82. The Bertz CT molecular complexity index is 490. The zero-order valence-corrected chi connectivity index (χ0v) is 10.3. The van der Waals surface area contributed by atoms with E-state index in [1.807, 2.05) is 0 Å². The quantitative estimate of drug-likeness (QED) is 0.713. The lowest BCUT2D eigenvalue weighted by atomic mass is 10.1. The van der Waals surface area contributed by atoms with Gasteiger partial charge in [-0.05, 0) is 24.6 Å². The lowest BCUT2D eigenvalue weighted by molar-refractivity contribution is -0.134. The number of halogens is 1. The van der Waals surface area contributed by atoms with E-state index in [-0.39, 0.29) is 17.6 Å². The van der Waals surface area contributed by atoms with Gasteiger partial charge in [0.25, 0.3) is 0 Å². The summed E-state index contributed by atoms with van der Waals surface area (Å²) in [5.74, 6) is -0.449. The Morgan fingerprint density at radius 1 is 1.44 bits per heavy atom. The maximum Gasteiger partial charge on any atom is 0.243 e. The predicted octanol–water partition coefficient (Wildman–Crippen LogP) is 0.940. The van der Waals surface area contributed by atoms with Gasteiger partial charge in [0.05, 0.1) is 6.04 Å². The largest absolute Gasteiger partial charge is 0.508 e. The topological polar surface area (TPSA) is 78.4 Å². The van der Waals surface area contributed by atoms with E-state index in [4.69, 9.17) is 11.6 Å². The fourth-order valence-corrected chi connectivity index (χ4v) is 2.01. The zero-order valence-electron chi connectivity index (χ0n) is 9.57. The number of hydrogen-bond donors (Lipinski definition) is 3. The highest BCUT2D eigenvalue weighted by Gasteiger charge is 2.25. The van der Waals surface area contributed by atoms with Gasteiger partial charge in [0.2, 0.25) is 11.8 Å². The summed E-state index contributed by atoms with van der Waals surface area (Å²) in [5, 5.41) is 15.4. The SMILES string of the molecule is O=C1CCC(NCc2cc(Cl)ccc2O)C(=O)N1. The van der Waals surface area contributed by atoms with Crippen LogP contribution in [-0.2, 0) is 16.1 Å². The van der Waals surface area contributed by atoms with Crippen LogP contribution in [0.4, 0.5) is 0 Å². The highest BCUT2D eigenvalue weighted by atomic mass is 35.5. The van der Waals surface area contributed by atoms with Crippen LogP contribution < -0.4 is 10.6 Å². The monoisotopic (exact) mass is 268 g/mol. The number of carbonyl (C=O) groups excluding carboxylic acids is 2. The number of imide groups is 1. The fourth-order valence-electron chi connectivity index (χ4n) is 1.82. The number of piperidine rings is 1. The van der Waals surface area contributed by atoms with E-state index in [9.17, 15) is 14.7 Å². The van der Waals surface area contributed by atoms with Crippen molar-refractivity contribution in [2.45, 2.75) is 25.4 Å². The Kier molecular flexibility index (Phi) is 3.84. The number of benzene rings is 1. The highest BCUT2D eigenvalue weighted by molar-refractivity contribution is 6.30. The van der Waals surface area contributed by atoms with Crippen LogP contribution in [-0.4, -0.2) is 23.0 Å². The lowest BCUT2D eigenvalue weighted by Gasteiger charge is -2.22. The molecule has 0 radical (unpaired) electrons. The minimum Gasteiger partial charge on any atom is -0.508 e. The smallest absolute Gasteiger partial charge is 0.243 e. The van der Waals surface area contributed by atoms with Crippen molar-refractivity contribution in [2.24, 2.45) is 0 Å². The average Bonchev–Trinajstić information content (AvgIpc) is 2.32. The van der Waals surface area contributed by atoms with Gasteiger partial charge in [-0.1, -0.05) is 11.6 Å². The van der Waals surface area contributed by atoms with Gasteiger partial charge in [-0.15, -0.1) is 0 Å². The van der Waals surface area contributed by atoms with Gasteiger partial charge in [0.1, 0.15) is 5.75 Å². The molecule has 1 atom stereocenters. The molecule has 0 spiro atoms. The van der Waals surface area contributed by atoms with Crippen LogP contribution in [0.15, 0.2) is 18.2 Å². The molecule has 3 N–H and O–H groups in total. The highest BCUT2D eigenvalue weighted by Crippen LogP contribution is 2.21. The summed E-state index contributed by atoms with van der Waals surface area (Å²) in [4.78, 5) is 22.5. The molecule has 1 unspecified atom stereocenters. The van der Waals surface area contributed by atoms with Gasteiger partial charge < -0.3 is 10.4 Å². The molecule has 1 saturated heterocycles. The molecule has 0 aromatic heterocycles. The normalized spacial score (nSPS) is 19.7. The molecule has 2 rings (SSSR count). The molecule has 2 amide bonds. The van der Waals surface area contributed by atoms with E-state index in [0.717, 1.165) is 0 Å². The summed E-state index contributed by atoms with van der Waals surface area (Å²) in [6.07, 6.45) is 0.789. The Balaban J connectivity index is 1.97. The Morgan fingerprint density at radius 2 is 2.22 bits per heavy atom. The summed E-state index contributed by atoms with van der Waals surface area (Å²) in [6, 6.07) is 4.31. The second-order valence-electron chi connectivity index (χ2n) is 4.16. The van der Waals surface area contributed by atoms with Crippen LogP contribution >= 0.6 is 11.6 Å². The molecule has 0 bridgehead atoms. The van der Waals surface area contributed by atoms with Gasteiger partial charge in [0.15, 0.2) is 0 Å². The Morgan fingerprint density at radius 3 is 2.94 bits per heavy atom. The van der Waals surface area contributed by atoms with Crippen molar-refractivity contribution in [2.75, 3.05) is 0 Å². The second kappa shape index (κ2) is 5.37. The number of nitrogens with one attached hydrogen (secondary N) is 2. The first-order valence-corrected chi connectivity index (χ1v) is 5.98. The number of phenolic OH excluding ortho intramolecular Hbond substituents is 1. The van der Waals surface area contributed by atoms with E-state index in [1.54, 1.807) is 12.1 Å². The summed E-state index contributed by atoms with van der Waals surface area (Å²) in [6.45, 7) is 0.318. The van der Waals surface area contributed by atoms with E-state index >= 15 is 0 Å². The molecule has 0 aliphatic carbocycles.